The molecular formula is C25H30. The van der Waals surface area contributed by atoms with Gasteiger partial charge in [-0.25, -0.2) is 0 Å². The molecule has 2 aromatic carbocycles. The van der Waals surface area contributed by atoms with Crippen molar-refractivity contribution in [2.75, 3.05) is 0 Å². The summed E-state index contributed by atoms with van der Waals surface area (Å²) in [4.78, 5) is 0. The molecule has 0 spiro atoms. The molecule has 130 valence electrons. The van der Waals surface area contributed by atoms with Crippen molar-refractivity contribution >= 4 is 11.1 Å². The molecule has 25 heavy (non-hydrogen) atoms. The Morgan fingerprint density at radius 3 is 1.20 bits per heavy atom. The lowest BCUT2D eigenvalue weighted by atomic mass is 9.89. The summed E-state index contributed by atoms with van der Waals surface area (Å²) in [6.07, 6.45) is 1.05. The molecular weight excluding hydrogens is 300 g/mol. The Kier molecular flexibility index (Phi) is 4.49. The number of rotatable bonds is 2. The van der Waals surface area contributed by atoms with Crippen LogP contribution < -0.4 is 0 Å². The highest BCUT2D eigenvalue weighted by Crippen LogP contribution is 2.45. The number of benzene rings is 2. The Bertz CT molecular complexity index is 855. The molecule has 0 heteroatoms. The lowest BCUT2D eigenvalue weighted by molar-refractivity contribution is 1.22. The number of aryl methyl sites for hydroxylation is 2. The second-order valence-electron chi connectivity index (χ2n) is 7.74. The molecule has 0 saturated heterocycles. The van der Waals surface area contributed by atoms with Gasteiger partial charge < -0.3 is 0 Å². The maximum Gasteiger partial charge on any atom is -0.000823 e. The monoisotopic (exact) mass is 330 g/mol. The molecule has 0 unspecified atom stereocenters. The first-order valence-corrected chi connectivity index (χ1v) is 9.28. The zero-order valence-corrected chi connectivity index (χ0v) is 17.0. The summed E-state index contributed by atoms with van der Waals surface area (Å²) in [6.45, 7) is 18.0. The smallest absolute Gasteiger partial charge is 0.000823 e. The highest BCUT2D eigenvalue weighted by molar-refractivity contribution is 5.93. The first-order chi connectivity index (χ1) is 11.7. The van der Waals surface area contributed by atoms with Gasteiger partial charge in [0.2, 0.25) is 0 Å². The van der Waals surface area contributed by atoms with Gasteiger partial charge in [0.05, 0.1) is 0 Å². The molecule has 1 aliphatic carbocycles. The summed E-state index contributed by atoms with van der Waals surface area (Å²) < 4.78 is 0. The fraction of sp³-hybridized carbons (Fsp3) is 0.360. The third-order valence-electron chi connectivity index (χ3n) is 6.59. The van der Waals surface area contributed by atoms with Gasteiger partial charge in [0.25, 0.3) is 0 Å². The zero-order valence-electron chi connectivity index (χ0n) is 17.0. The molecule has 0 aliphatic heterocycles. The molecule has 0 atom stereocenters. The maximum atomic E-state index is 2.32. The predicted octanol–water partition coefficient (Wildman–Crippen LogP) is 7.19. The highest BCUT2D eigenvalue weighted by atomic mass is 14.3. The average Bonchev–Trinajstić information content (AvgIpc) is 2.87. The van der Waals surface area contributed by atoms with Crippen LogP contribution in [0.3, 0.4) is 0 Å². The van der Waals surface area contributed by atoms with E-state index in [0.717, 1.165) is 6.42 Å². The lowest BCUT2D eigenvalue weighted by Crippen LogP contribution is -1.96. The fourth-order valence-corrected chi connectivity index (χ4v) is 4.06. The van der Waals surface area contributed by atoms with E-state index >= 15 is 0 Å². The summed E-state index contributed by atoms with van der Waals surface area (Å²) in [5.74, 6) is 0. The predicted molar refractivity (Wildman–Crippen MR) is 111 cm³/mol. The summed E-state index contributed by atoms with van der Waals surface area (Å²) in [6, 6.07) is 9.18. The van der Waals surface area contributed by atoms with Crippen LogP contribution in [0.15, 0.2) is 35.4 Å². The van der Waals surface area contributed by atoms with E-state index in [1.807, 2.05) is 0 Å². The van der Waals surface area contributed by atoms with Crippen molar-refractivity contribution in [2.24, 2.45) is 0 Å². The largest absolute Gasteiger partial charge is 0.0584 e. The van der Waals surface area contributed by atoms with Gasteiger partial charge in [-0.05, 0) is 129 Å². The minimum Gasteiger partial charge on any atom is -0.0584 e. The summed E-state index contributed by atoms with van der Waals surface area (Å²) in [5.41, 5.74) is 17.3. The van der Waals surface area contributed by atoms with Crippen LogP contribution in [0.4, 0.5) is 0 Å². The molecule has 0 bridgehead atoms. The van der Waals surface area contributed by atoms with E-state index < -0.39 is 0 Å². The van der Waals surface area contributed by atoms with Crippen molar-refractivity contribution < 1.29 is 0 Å². The van der Waals surface area contributed by atoms with E-state index in [1.54, 1.807) is 0 Å². The van der Waals surface area contributed by atoms with Gasteiger partial charge in [-0.3, -0.25) is 0 Å². The standard InChI is InChI=1S/C25H30/c1-14-9-11-22(18(5)16(14)3)24-13-25(21(8)20(24)7)23-12-10-15(2)17(4)19(23)6/h9-12H,13H2,1-8H3. The van der Waals surface area contributed by atoms with Crippen molar-refractivity contribution in [1.82, 2.24) is 0 Å². The molecule has 0 nitrogen and oxygen atoms in total. The van der Waals surface area contributed by atoms with E-state index in [1.165, 1.54) is 66.8 Å². The van der Waals surface area contributed by atoms with Crippen LogP contribution >= 0.6 is 0 Å². The third kappa shape index (κ3) is 2.78. The average molecular weight is 331 g/mol. The van der Waals surface area contributed by atoms with E-state index in [2.05, 4.69) is 79.7 Å². The van der Waals surface area contributed by atoms with Crippen molar-refractivity contribution in [2.45, 2.75) is 61.8 Å². The maximum absolute atomic E-state index is 2.32. The molecule has 0 radical (unpaired) electrons. The van der Waals surface area contributed by atoms with Crippen LogP contribution in [0, 0.1) is 41.5 Å². The Labute approximate surface area is 153 Å². The lowest BCUT2D eigenvalue weighted by Gasteiger charge is -2.16. The van der Waals surface area contributed by atoms with E-state index in [9.17, 15) is 0 Å². The first-order valence-electron chi connectivity index (χ1n) is 9.28. The van der Waals surface area contributed by atoms with E-state index in [0.29, 0.717) is 0 Å². The minimum absolute atomic E-state index is 1.05. The number of hydrogen-bond acceptors (Lipinski definition) is 0. The molecule has 0 fully saturated rings. The fourth-order valence-electron chi connectivity index (χ4n) is 4.06. The van der Waals surface area contributed by atoms with Gasteiger partial charge in [-0.2, -0.15) is 0 Å². The molecule has 0 N–H and O–H groups in total. The van der Waals surface area contributed by atoms with Crippen molar-refractivity contribution in [3.8, 4) is 0 Å². The van der Waals surface area contributed by atoms with Gasteiger partial charge in [0, 0.05) is 0 Å². The second-order valence-corrected chi connectivity index (χ2v) is 7.74. The first kappa shape index (κ1) is 17.7. The molecule has 1 aliphatic rings. The van der Waals surface area contributed by atoms with Crippen LogP contribution in [-0.2, 0) is 0 Å². The van der Waals surface area contributed by atoms with Crippen LogP contribution in [0.25, 0.3) is 11.1 Å². The van der Waals surface area contributed by atoms with Crippen molar-refractivity contribution in [3.05, 3.63) is 79.9 Å². The van der Waals surface area contributed by atoms with Crippen LogP contribution in [-0.4, -0.2) is 0 Å². The third-order valence-corrected chi connectivity index (χ3v) is 6.59. The van der Waals surface area contributed by atoms with Gasteiger partial charge in [0.15, 0.2) is 0 Å². The van der Waals surface area contributed by atoms with Gasteiger partial charge >= 0.3 is 0 Å². The summed E-state index contributed by atoms with van der Waals surface area (Å²) in [5, 5.41) is 0. The van der Waals surface area contributed by atoms with E-state index in [-0.39, 0.29) is 0 Å². The highest BCUT2D eigenvalue weighted by Gasteiger charge is 2.23. The topological polar surface area (TPSA) is 0 Å². The molecule has 0 aromatic heterocycles. The number of allylic oxidation sites excluding steroid dienone is 4. The summed E-state index contributed by atoms with van der Waals surface area (Å²) in [7, 11) is 0. The molecule has 0 heterocycles. The normalized spacial score (nSPS) is 14.7. The number of hydrogen-bond donors (Lipinski definition) is 0. The Hall–Kier alpha value is -2.08. The van der Waals surface area contributed by atoms with Crippen LogP contribution in [0.1, 0.15) is 64.8 Å². The van der Waals surface area contributed by atoms with Crippen LogP contribution in [0.5, 0.6) is 0 Å². The van der Waals surface area contributed by atoms with Crippen LogP contribution in [0.2, 0.25) is 0 Å². The minimum atomic E-state index is 1.05. The van der Waals surface area contributed by atoms with E-state index in [4.69, 9.17) is 0 Å². The quantitative estimate of drug-likeness (QED) is 0.546. The SMILES string of the molecule is CC1=C(c2ccc(C)c(C)c2C)CC(c2ccc(C)c(C)c2C)=C1C. The molecule has 0 saturated carbocycles. The molecule has 0 amide bonds. The Balaban J connectivity index is 2.08. The Morgan fingerprint density at radius 2 is 0.840 bits per heavy atom. The van der Waals surface area contributed by atoms with Gasteiger partial charge in [-0.1, -0.05) is 24.3 Å². The van der Waals surface area contributed by atoms with Crippen molar-refractivity contribution in [1.29, 1.82) is 0 Å². The van der Waals surface area contributed by atoms with Gasteiger partial charge in [-0.15, -0.1) is 0 Å². The molecule has 3 rings (SSSR count). The molecule has 2 aromatic rings. The Morgan fingerprint density at radius 1 is 0.480 bits per heavy atom. The second kappa shape index (κ2) is 6.33. The zero-order chi connectivity index (χ0) is 18.5. The van der Waals surface area contributed by atoms with Crippen molar-refractivity contribution in [3.63, 3.8) is 0 Å². The van der Waals surface area contributed by atoms with Gasteiger partial charge in [0.1, 0.15) is 0 Å². The summed E-state index contributed by atoms with van der Waals surface area (Å²) >= 11 is 0.